The summed E-state index contributed by atoms with van der Waals surface area (Å²) in [6.45, 7) is 3.68. The highest BCUT2D eigenvalue weighted by Crippen LogP contribution is 2.29. The molecule has 5 nitrogen and oxygen atoms in total. The maximum Gasteiger partial charge on any atom is 0.342 e. The molecule has 0 aliphatic rings. The summed E-state index contributed by atoms with van der Waals surface area (Å²) in [7, 11) is 0. The molecule has 0 aliphatic carbocycles. The van der Waals surface area contributed by atoms with Gasteiger partial charge in [0.05, 0.1) is 12.7 Å². The van der Waals surface area contributed by atoms with Crippen LogP contribution in [0.2, 0.25) is 0 Å². The van der Waals surface area contributed by atoms with E-state index in [0.717, 1.165) is 31.7 Å². The number of ether oxygens (including phenoxy) is 1. The number of esters is 1. The summed E-state index contributed by atoms with van der Waals surface area (Å²) in [4.78, 5) is 11.9. The normalized spacial score (nSPS) is 12.1. The van der Waals surface area contributed by atoms with Crippen LogP contribution >= 0.6 is 0 Å². The van der Waals surface area contributed by atoms with Crippen LogP contribution < -0.4 is 0 Å². The SMILES string of the molecule is CCOC(=O)c1c(O)cc(O)cc1CCCCC[C@@H](C)O. The first-order chi connectivity index (χ1) is 9.95. The third-order valence-corrected chi connectivity index (χ3v) is 3.23. The zero-order valence-corrected chi connectivity index (χ0v) is 12.6. The third kappa shape index (κ3) is 5.63. The van der Waals surface area contributed by atoms with Gasteiger partial charge < -0.3 is 20.1 Å². The minimum atomic E-state index is -0.575. The van der Waals surface area contributed by atoms with Gasteiger partial charge in [-0.2, -0.15) is 0 Å². The van der Waals surface area contributed by atoms with Gasteiger partial charge in [-0.15, -0.1) is 0 Å². The highest BCUT2D eigenvalue weighted by molar-refractivity contribution is 5.94. The maximum absolute atomic E-state index is 11.9. The standard InChI is InChI=1S/C16H24O5/c1-3-21-16(20)15-12(9-13(18)10-14(15)19)8-6-4-5-7-11(2)17/h9-11,17-19H,3-8H2,1-2H3/t11-/m1/s1. The van der Waals surface area contributed by atoms with Crippen molar-refractivity contribution in [3.63, 3.8) is 0 Å². The van der Waals surface area contributed by atoms with Gasteiger partial charge >= 0.3 is 5.97 Å². The number of unbranched alkanes of at least 4 members (excludes halogenated alkanes) is 2. The summed E-state index contributed by atoms with van der Waals surface area (Å²) in [5.41, 5.74) is 0.716. The van der Waals surface area contributed by atoms with E-state index in [9.17, 15) is 20.1 Å². The molecule has 0 aromatic heterocycles. The number of hydrogen-bond donors (Lipinski definition) is 3. The topological polar surface area (TPSA) is 87.0 Å². The average molecular weight is 296 g/mol. The molecule has 1 aromatic carbocycles. The molecule has 0 heterocycles. The summed E-state index contributed by atoms with van der Waals surface area (Å²) in [6.07, 6.45) is 3.62. The first-order valence-electron chi connectivity index (χ1n) is 7.35. The second kappa shape index (κ2) is 8.52. The Morgan fingerprint density at radius 1 is 1.24 bits per heavy atom. The molecule has 0 bridgehead atoms. The number of aryl methyl sites for hydroxylation is 1. The van der Waals surface area contributed by atoms with E-state index in [1.54, 1.807) is 13.8 Å². The molecule has 1 atom stereocenters. The van der Waals surface area contributed by atoms with Crippen molar-refractivity contribution < 1.29 is 24.9 Å². The molecule has 0 saturated heterocycles. The second-order valence-electron chi connectivity index (χ2n) is 5.17. The lowest BCUT2D eigenvalue weighted by molar-refractivity contribution is 0.0521. The van der Waals surface area contributed by atoms with Crippen LogP contribution in [0.25, 0.3) is 0 Å². The van der Waals surface area contributed by atoms with Gasteiger partial charge in [0.1, 0.15) is 17.1 Å². The molecule has 3 N–H and O–H groups in total. The number of phenolic OH excluding ortho intramolecular Hbond substituents is 2. The Morgan fingerprint density at radius 3 is 2.57 bits per heavy atom. The second-order valence-corrected chi connectivity index (χ2v) is 5.17. The molecule has 5 heteroatoms. The van der Waals surface area contributed by atoms with Crippen LogP contribution in [0.5, 0.6) is 11.5 Å². The van der Waals surface area contributed by atoms with Gasteiger partial charge in [-0.3, -0.25) is 0 Å². The quantitative estimate of drug-likeness (QED) is 0.507. The number of aliphatic hydroxyl groups excluding tert-OH is 1. The van der Waals surface area contributed by atoms with Crippen molar-refractivity contribution in [2.45, 2.75) is 52.1 Å². The van der Waals surface area contributed by atoms with Crippen molar-refractivity contribution in [3.8, 4) is 11.5 Å². The van der Waals surface area contributed by atoms with Crippen molar-refractivity contribution in [3.05, 3.63) is 23.3 Å². The number of aromatic hydroxyl groups is 2. The molecule has 1 aromatic rings. The van der Waals surface area contributed by atoms with Gasteiger partial charge in [0.25, 0.3) is 0 Å². The van der Waals surface area contributed by atoms with Crippen LogP contribution in [-0.2, 0) is 11.2 Å². The number of rotatable bonds is 8. The number of carbonyl (C=O) groups excluding carboxylic acids is 1. The summed E-state index contributed by atoms with van der Waals surface area (Å²) in [5, 5.41) is 28.6. The number of hydrogen-bond acceptors (Lipinski definition) is 5. The van der Waals surface area contributed by atoms with Crippen molar-refractivity contribution in [2.75, 3.05) is 6.61 Å². The van der Waals surface area contributed by atoms with Crippen LogP contribution in [0.15, 0.2) is 12.1 Å². The Bertz CT molecular complexity index is 468. The van der Waals surface area contributed by atoms with E-state index in [0.29, 0.717) is 12.0 Å². The Hall–Kier alpha value is -1.75. The molecule has 21 heavy (non-hydrogen) atoms. The van der Waals surface area contributed by atoms with E-state index >= 15 is 0 Å². The van der Waals surface area contributed by atoms with Gasteiger partial charge in [0, 0.05) is 6.07 Å². The van der Waals surface area contributed by atoms with Gasteiger partial charge in [-0.05, 0) is 44.7 Å². The zero-order valence-electron chi connectivity index (χ0n) is 12.6. The smallest absolute Gasteiger partial charge is 0.342 e. The molecule has 0 amide bonds. The molecule has 1 rings (SSSR count). The maximum atomic E-state index is 11.9. The molecule has 118 valence electrons. The van der Waals surface area contributed by atoms with E-state index in [2.05, 4.69) is 0 Å². The number of carbonyl (C=O) groups is 1. The molecular formula is C16H24O5. The minimum Gasteiger partial charge on any atom is -0.508 e. The fraction of sp³-hybridized carbons (Fsp3) is 0.562. The van der Waals surface area contributed by atoms with Crippen LogP contribution in [0.1, 0.15) is 55.5 Å². The molecule has 0 fully saturated rings. The molecule has 0 aliphatic heterocycles. The molecular weight excluding hydrogens is 272 g/mol. The van der Waals surface area contributed by atoms with Gasteiger partial charge in [-0.25, -0.2) is 4.79 Å². The predicted molar refractivity (Wildman–Crippen MR) is 79.6 cm³/mol. The first-order valence-corrected chi connectivity index (χ1v) is 7.35. The summed E-state index contributed by atoms with van der Waals surface area (Å²) in [6, 6.07) is 2.63. The lowest BCUT2D eigenvalue weighted by Gasteiger charge is -2.11. The Balaban J connectivity index is 2.73. The first kappa shape index (κ1) is 17.3. The Kier molecular flexibility index (Phi) is 7.02. The minimum absolute atomic E-state index is 0.0699. The van der Waals surface area contributed by atoms with Crippen LogP contribution in [0.4, 0.5) is 0 Å². The molecule has 0 spiro atoms. The summed E-state index contributed by atoms with van der Waals surface area (Å²) < 4.78 is 4.93. The average Bonchev–Trinajstić information content (AvgIpc) is 2.37. The highest BCUT2D eigenvalue weighted by atomic mass is 16.5. The van der Waals surface area contributed by atoms with Crippen molar-refractivity contribution in [1.29, 1.82) is 0 Å². The fourth-order valence-corrected chi connectivity index (χ4v) is 2.24. The summed E-state index contributed by atoms with van der Waals surface area (Å²) >= 11 is 0. The van der Waals surface area contributed by atoms with Gasteiger partial charge in [0.2, 0.25) is 0 Å². The lowest BCUT2D eigenvalue weighted by Crippen LogP contribution is -2.09. The van der Waals surface area contributed by atoms with Crippen molar-refractivity contribution in [2.24, 2.45) is 0 Å². The molecule has 0 radical (unpaired) electrons. The third-order valence-electron chi connectivity index (χ3n) is 3.23. The van der Waals surface area contributed by atoms with E-state index in [1.165, 1.54) is 6.07 Å². The van der Waals surface area contributed by atoms with E-state index in [1.807, 2.05) is 0 Å². The van der Waals surface area contributed by atoms with Gasteiger partial charge in [0.15, 0.2) is 0 Å². The molecule has 0 unspecified atom stereocenters. The largest absolute Gasteiger partial charge is 0.508 e. The fourth-order valence-electron chi connectivity index (χ4n) is 2.24. The van der Waals surface area contributed by atoms with Crippen LogP contribution in [0.3, 0.4) is 0 Å². The van der Waals surface area contributed by atoms with Crippen LogP contribution in [0, 0.1) is 0 Å². The predicted octanol–water partition coefficient (Wildman–Crippen LogP) is 2.76. The lowest BCUT2D eigenvalue weighted by atomic mass is 9.99. The van der Waals surface area contributed by atoms with Crippen molar-refractivity contribution >= 4 is 5.97 Å². The Morgan fingerprint density at radius 2 is 1.95 bits per heavy atom. The van der Waals surface area contributed by atoms with Crippen LogP contribution in [-0.4, -0.2) is 34.0 Å². The zero-order chi connectivity index (χ0) is 15.8. The van der Waals surface area contributed by atoms with Crippen molar-refractivity contribution in [1.82, 2.24) is 0 Å². The number of phenols is 2. The van der Waals surface area contributed by atoms with E-state index in [4.69, 9.17) is 4.74 Å². The van der Waals surface area contributed by atoms with E-state index < -0.39 is 5.97 Å². The van der Waals surface area contributed by atoms with E-state index in [-0.39, 0.29) is 29.8 Å². The van der Waals surface area contributed by atoms with Gasteiger partial charge in [-0.1, -0.05) is 12.8 Å². The Labute approximate surface area is 125 Å². The number of benzene rings is 1. The monoisotopic (exact) mass is 296 g/mol. The summed E-state index contributed by atoms with van der Waals surface area (Å²) in [5.74, 6) is -0.902. The molecule has 0 saturated carbocycles. The number of aliphatic hydroxyl groups is 1. The highest BCUT2D eigenvalue weighted by Gasteiger charge is 2.18.